The molecule has 0 amide bonds. The summed E-state index contributed by atoms with van der Waals surface area (Å²) in [7, 11) is 2.63. The van der Waals surface area contributed by atoms with E-state index in [0.29, 0.717) is 36.2 Å². The molecule has 0 bridgehead atoms. The van der Waals surface area contributed by atoms with Gasteiger partial charge in [0.1, 0.15) is 5.82 Å². The number of anilines is 4. The molecule has 1 fully saturated rings. The van der Waals surface area contributed by atoms with Crippen LogP contribution in [0.15, 0.2) is 47.8 Å². The molecule has 8 nitrogen and oxygen atoms in total. The first kappa shape index (κ1) is 23.8. The fraction of sp³-hybridized carbons (Fsp3) is 0.273. The van der Waals surface area contributed by atoms with Gasteiger partial charge in [0, 0.05) is 30.3 Å². The maximum absolute atomic E-state index is 12.9. The lowest BCUT2D eigenvalue weighted by molar-refractivity contribution is -0.137. The van der Waals surface area contributed by atoms with Gasteiger partial charge >= 0.3 is 6.18 Å². The van der Waals surface area contributed by atoms with Crippen molar-refractivity contribution >= 4 is 43.9 Å². The van der Waals surface area contributed by atoms with Crippen LogP contribution in [0, 0.1) is 6.92 Å². The molecule has 1 aliphatic heterocycles. The standard InChI is InChI=1S/C22H23F3N7OP/c1-14-9-17(29-16-4-2-3-15(10-16)22(23,24)25)11-26-18(14)12-28-31-21-27-13-19(34)20(30-21)32-5-7-33-8-6-32/h2-4,9-13,29H,5-8,34H2,1H3,(H,27,30,31)/b28-12+. The topological polar surface area (TPSA) is 87.6 Å². The molecule has 0 saturated carbocycles. The molecule has 1 aliphatic rings. The third kappa shape index (κ3) is 5.98. The van der Waals surface area contributed by atoms with E-state index in [1.165, 1.54) is 18.5 Å². The number of halogens is 3. The van der Waals surface area contributed by atoms with Crippen LogP contribution in [0.5, 0.6) is 0 Å². The van der Waals surface area contributed by atoms with Gasteiger partial charge in [-0.15, -0.1) is 0 Å². The van der Waals surface area contributed by atoms with Crippen molar-refractivity contribution in [3.8, 4) is 0 Å². The first-order valence-corrected chi connectivity index (χ1v) is 11.0. The van der Waals surface area contributed by atoms with E-state index in [0.717, 1.165) is 41.9 Å². The highest BCUT2D eigenvalue weighted by atomic mass is 31.0. The van der Waals surface area contributed by atoms with E-state index in [1.807, 2.05) is 6.92 Å². The van der Waals surface area contributed by atoms with Gasteiger partial charge in [-0.05, 0) is 36.8 Å². The Morgan fingerprint density at radius 2 is 1.91 bits per heavy atom. The van der Waals surface area contributed by atoms with E-state index in [-0.39, 0.29) is 0 Å². The molecule has 178 valence electrons. The minimum absolute atomic E-state index is 0.324. The zero-order chi connectivity index (χ0) is 24.1. The van der Waals surface area contributed by atoms with Crippen LogP contribution in [0.1, 0.15) is 16.8 Å². The first-order valence-electron chi connectivity index (χ1n) is 10.4. The van der Waals surface area contributed by atoms with Crippen LogP contribution in [0.25, 0.3) is 0 Å². The van der Waals surface area contributed by atoms with Gasteiger partial charge in [-0.2, -0.15) is 23.3 Å². The molecule has 34 heavy (non-hydrogen) atoms. The predicted molar refractivity (Wildman–Crippen MR) is 129 cm³/mol. The normalized spacial score (nSPS) is 14.4. The largest absolute Gasteiger partial charge is 0.416 e. The SMILES string of the molecule is Cc1cc(Nc2cccc(C(F)(F)F)c2)cnc1/C=N/Nc1ncc(P)c(N2CCOCC2)n1. The van der Waals surface area contributed by atoms with Crippen molar-refractivity contribution < 1.29 is 17.9 Å². The number of hydrazone groups is 1. The van der Waals surface area contributed by atoms with Crippen LogP contribution in [0.2, 0.25) is 0 Å². The maximum atomic E-state index is 12.9. The number of rotatable bonds is 6. The van der Waals surface area contributed by atoms with Gasteiger partial charge in [0.15, 0.2) is 0 Å². The van der Waals surface area contributed by atoms with Crippen molar-refractivity contribution in [1.82, 2.24) is 15.0 Å². The highest BCUT2D eigenvalue weighted by Crippen LogP contribution is 2.31. The Morgan fingerprint density at radius 3 is 2.65 bits per heavy atom. The van der Waals surface area contributed by atoms with Crippen LogP contribution in [-0.2, 0) is 10.9 Å². The van der Waals surface area contributed by atoms with E-state index in [1.54, 1.807) is 18.3 Å². The minimum Gasteiger partial charge on any atom is -0.378 e. The molecule has 0 spiro atoms. The number of benzene rings is 1. The quantitative estimate of drug-likeness (QED) is 0.310. The van der Waals surface area contributed by atoms with Crippen LogP contribution in [-0.4, -0.2) is 47.5 Å². The second-order valence-corrected chi connectivity index (χ2v) is 8.19. The van der Waals surface area contributed by atoms with Crippen molar-refractivity contribution in [1.29, 1.82) is 0 Å². The molecule has 1 aromatic carbocycles. The summed E-state index contributed by atoms with van der Waals surface area (Å²) in [6.07, 6.45) is 0.376. The number of hydrogen-bond acceptors (Lipinski definition) is 8. The zero-order valence-electron chi connectivity index (χ0n) is 18.3. The molecule has 3 heterocycles. The Labute approximate surface area is 196 Å². The van der Waals surface area contributed by atoms with Crippen LogP contribution in [0.3, 0.4) is 0 Å². The van der Waals surface area contributed by atoms with E-state index < -0.39 is 11.7 Å². The Kier molecular flexibility index (Phi) is 7.23. The Hall–Kier alpha value is -3.30. The fourth-order valence-corrected chi connectivity index (χ4v) is 3.67. The van der Waals surface area contributed by atoms with Crippen molar-refractivity contribution in [3.05, 3.63) is 59.5 Å². The van der Waals surface area contributed by atoms with Gasteiger partial charge in [-0.25, -0.2) is 10.4 Å². The molecule has 0 aliphatic carbocycles. The predicted octanol–water partition coefficient (Wildman–Crippen LogP) is 3.73. The molecule has 12 heteroatoms. The fourth-order valence-electron chi connectivity index (χ4n) is 3.34. The molecule has 2 N–H and O–H groups in total. The van der Waals surface area contributed by atoms with Gasteiger partial charge in [0.05, 0.1) is 42.6 Å². The average molecular weight is 489 g/mol. The van der Waals surface area contributed by atoms with Crippen LogP contribution in [0.4, 0.5) is 36.3 Å². The minimum atomic E-state index is -4.40. The molecule has 1 atom stereocenters. The summed E-state index contributed by atoms with van der Waals surface area (Å²) in [4.78, 5) is 15.3. The summed E-state index contributed by atoms with van der Waals surface area (Å²) in [5.41, 5.74) is 4.38. The lowest BCUT2D eigenvalue weighted by Gasteiger charge is -2.28. The zero-order valence-corrected chi connectivity index (χ0v) is 19.5. The Morgan fingerprint density at radius 1 is 1.12 bits per heavy atom. The first-order chi connectivity index (χ1) is 16.3. The number of ether oxygens (including phenoxy) is 1. The van der Waals surface area contributed by atoms with Gasteiger partial charge in [-0.1, -0.05) is 15.3 Å². The van der Waals surface area contributed by atoms with E-state index in [2.05, 4.69) is 44.9 Å². The summed E-state index contributed by atoms with van der Waals surface area (Å²) in [6.45, 7) is 4.65. The number of pyridine rings is 1. The number of aryl methyl sites for hydroxylation is 1. The third-order valence-corrected chi connectivity index (χ3v) is 5.46. The molecular formula is C22H23F3N7OP. The van der Waals surface area contributed by atoms with Crippen LogP contribution < -0.4 is 20.9 Å². The summed E-state index contributed by atoms with van der Waals surface area (Å²) in [6, 6.07) is 6.79. The number of hydrogen-bond donors (Lipinski definition) is 2. The number of alkyl halides is 3. The van der Waals surface area contributed by atoms with Gasteiger partial charge in [-0.3, -0.25) is 4.98 Å². The second-order valence-electron chi connectivity index (χ2n) is 7.57. The lowest BCUT2D eigenvalue weighted by Crippen LogP contribution is -2.38. The lowest BCUT2D eigenvalue weighted by atomic mass is 10.1. The highest BCUT2D eigenvalue weighted by Gasteiger charge is 2.30. The molecule has 0 radical (unpaired) electrons. The van der Waals surface area contributed by atoms with Gasteiger partial charge in [0.25, 0.3) is 0 Å². The van der Waals surface area contributed by atoms with Crippen molar-refractivity contribution in [2.24, 2.45) is 5.10 Å². The van der Waals surface area contributed by atoms with Crippen molar-refractivity contribution in [2.75, 3.05) is 41.9 Å². The Balaban J connectivity index is 1.42. The number of morpholine rings is 1. The summed E-state index contributed by atoms with van der Waals surface area (Å²) in [5, 5.41) is 8.02. The average Bonchev–Trinajstić information content (AvgIpc) is 2.82. The molecule has 2 aromatic heterocycles. The third-order valence-electron chi connectivity index (χ3n) is 5.06. The monoisotopic (exact) mass is 489 g/mol. The van der Waals surface area contributed by atoms with Gasteiger partial charge < -0.3 is 15.0 Å². The molecule has 3 aromatic rings. The summed E-state index contributed by atoms with van der Waals surface area (Å²) < 4.78 is 44.2. The summed E-state index contributed by atoms with van der Waals surface area (Å²) in [5.74, 6) is 1.16. The highest BCUT2D eigenvalue weighted by molar-refractivity contribution is 7.28. The van der Waals surface area contributed by atoms with Crippen molar-refractivity contribution in [3.63, 3.8) is 0 Å². The van der Waals surface area contributed by atoms with Crippen molar-refractivity contribution in [2.45, 2.75) is 13.1 Å². The molecule has 1 unspecified atom stereocenters. The molecular weight excluding hydrogens is 466 g/mol. The van der Waals surface area contributed by atoms with E-state index in [9.17, 15) is 13.2 Å². The van der Waals surface area contributed by atoms with E-state index in [4.69, 9.17) is 4.74 Å². The second kappa shape index (κ2) is 10.3. The smallest absolute Gasteiger partial charge is 0.378 e. The summed E-state index contributed by atoms with van der Waals surface area (Å²) >= 11 is 0. The number of aromatic nitrogens is 3. The molecule has 1 saturated heterocycles. The number of nitrogens with one attached hydrogen (secondary N) is 2. The van der Waals surface area contributed by atoms with E-state index >= 15 is 0 Å². The van der Waals surface area contributed by atoms with Crippen LogP contribution >= 0.6 is 9.24 Å². The maximum Gasteiger partial charge on any atom is 0.416 e. The molecule has 4 rings (SSSR count). The van der Waals surface area contributed by atoms with Gasteiger partial charge in [0.2, 0.25) is 5.95 Å². The Bertz CT molecular complexity index is 1180. The number of nitrogens with zero attached hydrogens (tertiary/aromatic N) is 5.